The summed E-state index contributed by atoms with van der Waals surface area (Å²) >= 11 is 0. The number of benzene rings is 1. The van der Waals surface area contributed by atoms with Crippen molar-refractivity contribution in [3.8, 4) is 0 Å². The minimum atomic E-state index is -4.42. The fourth-order valence-corrected chi connectivity index (χ4v) is 1.25. The van der Waals surface area contributed by atoms with Crippen molar-refractivity contribution in [1.29, 1.82) is 0 Å². The molecule has 18 heavy (non-hydrogen) atoms. The Balaban J connectivity index is 2.48. The summed E-state index contributed by atoms with van der Waals surface area (Å²) in [5.74, 6) is -0.846. The van der Waals surface area contributed by atoms with Crippen LogP contribution in [0.15, 0.2) is 30.3 Å². The predicted molar refractivity (Wildman–Crippen MR) is 60.7 cm³/mol. The summed E-state index contributed by atoms with van der Waals surface area (Å²) in [6.45, 7) is 1.96. The van der Waals surface area contributed by atoms with Gasteiger partial charge in [-0.05, 0) is 5.56 Å². The van der Waals surface area contributed by atoms with Gasteiger partial charge in [0.2, 0.25) is 0 Å². The van der Waals surface area contributed by atoms with Crippen molar-refractivity contribution in [3.05, 3.63) is 35.9 Å². The molecule has 0 heterocycles. The molecule has 0 aliphatic rings. The summed E-state index contributed by atoms with van der Waals surface area (Å²) in [5.41, 5.74) is -1.32. The van der Waals surface area contributed by atoms with E-state index in [-0.39, 0.29) is 6.61 Å². The number of alkyl halides is 3. The fraction of sp³-hybridized carbons (Fsp3) is 0.462. The van der Waals surface area contributed by atoms with Crippen LogP contribution in [0.3, 0.4) is 0 Å². The summed E-state index contributed by atoms with van der Waals surface area (Å²) in [6.07, 6.45) is -5.10. The third-order valence-corrected chi connectivity index (χ3v) is 2.60. The predicted octanol–water partition coefficient (Wildman–Crippen LogP) is 3.71. The van der Waals surface area contributed by atoms with Gasteiger partial charge in [-0.2, -0.15) is 13.2 Å². The second-order valence-electron chi connectivity index (χ2n) is 4.70. The molecule has 0 unspecified atom stereocenters. The molecule has 0 aromatic heterocycles. The zero-order chi connectivity index (χ0) is 13.8. The van der Waals surface area contributed by atoms with Gasteiger partial charge in [0, 0.05) is 0 Å². The molecule has 0 saturated carbocycles. The van der Waals surface area contributed by atoms with Crippen molar-refractivity contribution < 1.29 is 22.7 Å². The number of carbonyl (C=O) groups is 1. The normalized spacial score (nSPS) is 12.3. The van der Waals surface area contributed by atoms with Crippen molar-refractivity contribution in [3.63, 3.8) is 0 Å². The van der Waals surface area contributed by atoms with Gasteiger partial charge in [-0.1, -0.05) is 44.2 Å². The maximum atomic E-state index is 12.5. The Morgan fingerprint density at radius 1 is 1.17 bits per heavy atom. The number of ether oxygens (including phenoxy) is 1. The zero-order valence-electron chi connectivity index (χ0n) is 10.3. The molecule has 0 aliphatic carbocycles. The van der Waals surface area contributed by atoms with Gasteiger partial charge < -0.3 is 4.74 Å². The first-order chi connectivity index (χ1) is 8.22. The summed E-state index contributed by atoms with van der Waals surface area (Å²) in [6, 6.07) is 8.81. The van der Waals surface area contributed by atoms with Gasteiger partial charge in [-0.15, -0.1) is 0 Å². The topological polar surface area (TPSA) is 26.3 Å². The molecule has 0 spiro atoms. The molecular formula is C13H15F3O2. The molecule has 1 aromatic rings. The molecule has 0 amide bonds. The lowest BCUT2D eigenvalue weighted by Gasteiger charge is -2.26. The number of hydrogen-bond donors (Lipinski definition) is 0. The molecule has 0 aliphatic heterocycles. The zero-order valence-corrected chi connectivity index (χ0v) is 10.3. The molecule has 0 N–H and O–H groups in total. The van der Waals surface area contributed by atoms with E-state index < -0.39 is 24.0 Å². The summed E-state index contributed by atoms with van der Waals surface area (Å²) in [4.78, 5) is 11.4. The molecule has 1 rings (SSSR count). The van der Waals surface area contributed by atoms with Crippen molar-refractivity contribution in [2.45, 2.75) is 33.1 Å². The number of carbonyl (C=O) groups excluding carboxylic acids is 1. The van der Waals surface area contributed by atoms with Crippen LogP contribution < -0.4 is 0 Å². The molecule has 100 valence electrons. The number of esters is 1. The first kappa shape index (κ1) is 14.5. The van der Waals surface area contributed by atoms with E-state index in [1.165, 1.54) is 0 Å². The van der Waals surface area contributed by atoms with E-state index in [1.54, 1.807) is 30.3 Å². The number of rotatable bonds is 4. The fourth-order valence-electron chi connectivity index (χ4n) is 1.25. The SMILES string of the molecule is CC(C)(CC(=O)OCc1ccccc1)C(F)(F)F. The van der Waals surface area contributed by atoms with Gasteiger partial charge in [0.05, 0.1) is 11.8 Å². The van der Waals surface area contributed by atoms with E-state index in [0.29, 0.717) is 0 Å². The third-order valence-electron chi connectivity index (χ3n) is 2.60. The average Bonchev–Trinajstić information content (AvgIpc) is 2.26. The maximum absolute atomic E-state index is 12.5. The minimum Gasteiger partial charge on any atom is -0.461 e. The molecule has 2 nitrogen and oxygen atoms in total. The van der Waals surface area contributed by atoms with E-state index in [9.17, 15) is 18.0 Å². The first-order valence-electron chi connectivity index (χ1n) is 5.49. The van der Waals surface area contributed by atoms with Crippen molar-refractivity contribution in [2.75, 3.05) is 0 Å². The first-order valence-corrected chi connectivity index (χ1v) is 5.49. The molecule has 1 aromatic carbocycles. The van der Waals surface area contributed by atoms with Crippen LogP contribution in [-0.2, 0) is 16.1 Å². The van der Waals surface area contributed by atoms with Gasteiger partial charge in [0.25, 0.3) is 0 Å². The van der Waals surface area contributed by atoms with Gasteiger partial charge >= 0.3 is 12.1 Å². The van der Waals surface area contributed by atoms with E-state index in [1.807, 2.05) is 0 Å². The average molecular weight is 260 g/mol. The molecule has 0 radical (unpaired) electrons. The van der Waals surface area contributed by atoms with Gasteiger partial charge in [0.15, 0.2) is 0 Å². The molecule has 0 bridgehead atoms. The highest BCUT2D eigenvalue weighted by molar-refractivity contribution is 5.70. The van der Waals surface area contributed by atoms with Crippen molar-refractivity contribution in [1.82, 2.24) is 0 Å². The highest BCUT2D eigenvalue weighted by Gasteiger charge is 2.48. The van der Waals surface area contributed by atoms with Crippen LogP contribution in [0.25, 0.3) is 0 Å². The molecule has 0 saturated heterocycles. The van der Waals surface area contributed by atoms with Crippen LogP contribution in [-0.4, -0.2) is 12.1 Å². The van der Waals surface area contributed by atoms with E-state index >= 15 is 0 Å². The Labute approximate surface area is 104 Å². The summed E-state index contributed by atoms with van der Waals surface area (Å²) < 4.78 is 42.5. The summed E-state index contributed by atoms with van der Waals surface area (Å²) in [5, 5.41) is 0. The lowest BCUT2D eigenvalue weighted by Crippen LogP contribution is -2.34. The smallest absolute Gasteiger partial charge is 0.394 e. The van der Waals surface area contributed by atoms with Gasteiger partial charge in [0.1, 0.15) is 6.61 Å². The number of hydrogen-bond acceptors (Lipinski definition) is 2. The quantitative estimate of drug-likeness (QED) is 0.771. The minimum absolute atomic E-state index is 0.00634. The second kappa shape index (κ2) is 5.42. The summed E-state index contributed by atoms with van der Waals surface area (Å²) in [7, 11) is 0. The lowest BCUT2D eigenvalue weighted by molar-refractivity contribution is -0.217. The maximum Gasteiger partial charge on any atom is 0.394 e. The molecule has 0 atom stereocenters. The van der Waals surface area contributed by atoms with Crippen molar-refractivity contribution >= 4 is 5.97 Å². The van der Waals surface area contributed by atoms with E-state index in [0.717, 1.165) is 19.4 Å². The third kappa shape index (κ3) is 4.05. The van der Waals surface area contributed by atoms with Crippen LogP contribution >= 0.6 is 0 Å². The van der Waals surface area contributed by atoms with Crippen LogP contribution in [0.5, 0.6) is 0 Å². The Kier molecular flexibility index (Phi) is 4.38. The van der Waals surface area contributed by atoms with Crippen LogP contribution in [0.1, 0.15) is 25.8 Å². The highest BCUT2D eigenvalue weighted by atomic mass is 19.4. The molecule has 5 heteroatoms. The Bertz CT molecular complexity index is 396. The van der Waals surface area contributed by atoms with Crippen LogP contribution in [0.4, 0.5) is 13.2 Å². The Hall–Kier alpha value is -1.52. The Morgan fingerprint density at radius 2 is 1.72 bits per heavy atom. The van der Waals surface area contributed by atoms with Gasteiger partial charge in [-0.25, -0.2) is 0 Å². The second-order valence-corrected chi connectivity index (χ2v) is 4.70. The van der Waals surface area contributed by atoms with E-state index in [4.69, 9.17) is 4.74 Å². The van der Waals surface area contributed by atoms with E-state index in [2.05, 4.69) is 0 Å². The lowest BCUT2D eigenvalue weighted by atomic mass is 9.89. The van der Waals surface area contributed by atoms with Crippen LogP contribution in [0.2, 0.25) is 0 Å². The van der Waals surface area contributed by atoms with Gasteiger partial charge in [-0.3, -0.25) is 4.79 Å². The monoisotopic (exact) mass is 260 g/mol. The van der Waals surface area contributed by atoms with Crippen LogP contribution in [0, 0.1) is 5.41 Å². The van der Waals surface area contributed by atoms with Crippen molar-refractivity contribution in [2.24, 2.45) is 5.41 Å². The standard InChI is InChI=1S/C13H15F3O2/c1-12(2,13(14,15)16)8-11(17)18-9-10-6-4-3-5-7-10/h3-7H,8-9H2,1-2H3. The largest absolute Gasteiger partial charge is 0.461 e. The Morgan fingerprint density at radius 3 is 2.22 bits per heavy atom. The highest BCUT2D eigenvalue weighted by Crippen LogP contribution is 2.40. The number of halogens is 3. The molecule has 0 fully saturated rings. The molecular weight excluding hydrogens is 245 g/mol.